The Labute approximate surface area is 168 Å². The van der Waals surface area contributed by atoms with E-state index in [2.05, 4.69) is 10.4 Å². The normalized spacial score (nSPS) is 11.8. The number of nitrogens with one attached hydrogen (secondary N) is 1. The van der Waals surface area contributed by atoms with Gasteiger partial charge in [0.1, 0.15) is 5.56 Å². The highest BCUT2D eigenvalue weighted by atomic mass is 32.1. The van der Waals surface area contributed by atoms with Crippen LogP contribution in [0.1, 0.15) is 45.2 Å². The van der Waals surface area contributed by atoms with Gasteiger partial charge >= 0.3 is 5.97 Å². The molecule has 0 aliphatic heterocycles. The molecule has 0 unspecified atom stereocenters. The first-order chi connectivity index (χ1) is 13.5. The van der Waals surface area contributed by atoms with Crippen molar-refractivity contribution in [3.05, 3.63) is 75.2 Å². The predicted octanol–water partition coefficient (Wildman–Crippen LogP) is 3.64. The average Bonchev–Trinajstić information content (AvgIpc) is 3.30. The Balaban J connectivity index is 1.60. The first-order valence-electron chi connectivity index (χ1n) is 9.03. The fourth-order valence-corrected chi connectivity index (χ4v) is 3.73. The van der Waals surface area contributed by atoms with Crippen molar-refractivity contribution in [3.63, 3.8) is 0 Å². The fourth-order valence-electron chi connectivity index (χ4n) is 3.00. The molecule has 1 atom stereocenters. The molecule has 2 aromatic heterocycles. The van der Waals surface area contributed by atoms with Gasteiger partial charge in [-0.1, -0.05) is 36.4 Å². The first kappa shape index (κ1) is 19.8. The first-order valence-corrected chi connectivity index (χ1v) is 9.91. The quantitative estimate of drug-likeness (QED) is 0.618. The van der Waals surface area contributed by atoms with Crippen molar-refractivity contribution >= 4 is 23.2 Å². The van der Waals surface area contributed by atoms with Gasteiger partial charge in [0.2, 0.25) is 0 Å². The molecule has 3 aromatic rings. The van der Waals surface area contributed by atoms with Crippen LogP contribution < -0.4 is 5.32 Å². The Morgan fingerprint density at radius 1 is 1.18 bits per heavy atom. The number of thiophene rings is 1. The van der Waals surface area contributed by atoms with Gasteiger partial charge in [0.25, 0.3) is 5.91 Å². The topological polar surface area (TPSA) is 73.2 Å². The summed E-state index contributed by atoms with van der Waals surface area (Å²) in [7, 11) is 0. The lowest BCUT2D eigenvalue weighted by Gasteiger charge is -2.12. The predicted molar refractivity (Wildman–Crippen MR) is 108 cm³/mol. The van der Waals surface area contributed by atoms with E-state index in [4.69, 9.17) is 4.74 Å². The van der Waals surface area contributed by atoms with Gasteiger partial charge in [0, 0.05) is 4.88 Å². The third-order valence-corrected chi connectivity index (χ3v) is 5.50. The fraction of sp³-hybridized carbons (Fsp3) is 0.286. The molecule has 7 heteroatoms. The number of esters is 1. The lowest BCUT2D eigenvalue weighted by Crippen LogP contribution is -2.30. The van der Waals surface area contributed by atoms with E-state index in [1.807, 2.05) is 61.7 Å². The van der Waals surface area contributed by atoms with E-state index in [0.717, 1.165) is 16.1 Å². The monoisotopic (exact) mass is 397 g/mol. The number of nitrogens with zero attached hydrogens (tertiary/aromatic N) is 2. The molecule has 0 saturated heterocycles. The minimum atomic E-state index is -0.534. The molecule has 0 saturated carbocycles. The number of amides is 1. The summed E-state index contributed by atoms with van der Waals surface area (Å²) in [4.78, 5) is 25.7. The summed E-state index contributed by atoms with van der Waals surface area (Å²) in [5.74, 6) is -0.866. The van der Waals surface area contributed by atoms with Crippen molar-refractivity contribution in [2.75, 3.05) is 6.61 Å². The molecule has 1 amide bonds. The van der Waals surface area contributed by atoms with Gasteiger partial charge in [-0.05, 0) is 37.8 Å². The number of carbonyl (C=O) groups excluding carboxylic acids is 2. The molecule has 0 radical (unpaired) electrons. The van der Waals surface area contributed by atoms with E-state index >= 15 is 0 Å². The molecular formula is C21H23N3O3S. The second-order valence-corrected chi connectivity index (χ2v) is 7.55. The van der Waals surface area contributed by atoms with Crippen molar-refractivity contribution in [1.29, 1.82) is 0 Å². The van der Waals surface area contributed by atoms with Gasteiger partial charge in [0.05, 0.1) is 24.0 Å². The maximum Gasteiger partial charge on any atom is 0.342 e. The Kier molecular flexibility index (Phi) is 6.26. The largest absolute Gasteiger partial charge is 0.452 e. The molecule has 0 aliphatic carbocycles. The molecule has 28 heavy (non-hydrogen) atoms. The molecule has 0 bridgehead atoms. The summed E-state index contributed by atoms with van der Waals surface area (Å²) in [5.41, 5.74) is 2.81. The molecule has 2 heterocycles. The van der Waals surface area contributed by atoms with Crippen molar-refractivity contribution in [1.82, 2.24) is 15.1 Å². The maximum atomic E-state index is 12.5. The smallest absolute Gasteiger partial charge is 0.342 e. The molecule has 0 aliphatic rings. The van der Waals surface area contributed by atoms with Crippen molar-refractivity contribution in [2.45, 2.75) is 33.4 Å². The van der Waals surface area contributed by atoms with Gasteiger partial charge in [-0.25, -0.2) is 4.79 Å². The van der Waals surface area contributed by atoms with Crippen LogP contribution in [0.25, 0.3) is 0 Å². The third kappa shape index (κ3) is 4.67. The van der Waals surface area contributed by atoms with Gasteiger partial charge in [-0.15, -0.1) is 11.3 Å². The molecule has 1 N–H and O–H groups in total. The number of ether oxygens (including phenoxy) is 1. The van der Waals surface area contributed by atoms with Gasteiger partial charge < -0.3 is 10.1 Å². The molecule has 1 aromatic carbocycles. The summed E-state index contributed by atoms with van der Waals surface area (Å²) in [6.45, 7) is 5.74. The van der Waals surface area contributed by atoms with Crippen molar-refractivity contribution in [3.8, 4) is 0 Å². The van der Waals surface area contributed by atoms with Crippen LogP contribution in [0.4, 0.5) is 0 Å². The van der Waals surface area contributed by atoms with Crippen LogP contribution in [-0.4, -0.2) is 28.3 Å². The minimum Gasteiger partial charge on any atom is -0.452 e. The SMILES string of the molecule is Cc1nn(Cc2ccccc2)c(C)c1C(=O)OCC(=O)N[C@@H](C)c1cccs1. The number of aromatic nitrogens is 2. The van der Waals surface area contributed by atoms with Crippen molar-refractivity contribution < 1.29 is 14.3 Å². The summed E-state index contributed by atoms with van der Waals surface area (Å²) >= 11 is 1.57. The molecular weight excluding hydrogens is 374 g/mol. The Morgan fingerprint density at radius 2 is 1.93 bits per heavy atom. The molecule has 0 fully saturated rings. The van der Waals surface area contributed by atoms with Crippen LogP contribution in [0.2, 0.25) is 0 Å². The Hall–Kier alpha value is -2.93. The number of carbonyl (C=O) groups is 2. The zero-order valence-electron chi connectivity index (χ0n) is 16.1. The number of aryl methyl sites for hydroxylation is 1. The lowest BCUT2D eigenvalue weighted by molar-refractivity contribution is -0.124. The minimum absolute atomic E-state index is 0.122. The third-order valence-electron chi connectivity index (χ3n) is 4.44. The van der Waals surface area contributed by atoms with Crippen LogP contribution in [-0.2, 0) is 16.1 Å². The van der Waals surface area contributed by atoms with E-state index in [0.29, 0.717) is 17.8 Å². The van der Waals surface area contributed by atoms with E-state index in [1.165, 1.54) is 0 Å². The zero-order chi connectivity index (χ0) is 20.1. The highest BCUT2D eigenvalue weighted by Crippen LogP contribution is 2.18. The second-order valence-electron chi connectivity index (χ2n) is 6.57. The molecule has 6 nitrogen and oxygen atoms in total. The summed E-state index contributed by atoms with van der Waals surface area (Å²) in [6.07, 6.45) is 0. The van der Waals surface area contributed by atoms with E-state index < -0.39 is 5.97 Å². The maximum absolute atomic E-state index is 12.5. The summed E-state index contributed by atoms with van der Waals surface area (Å²) < 4.78 is 7.01. The number of hydrogen-bond acceptors (Lipinski definition) is 5. The number of hydrogen-bond donors (Lipinski definition) is 1. The standard InChI is InChI=1S/C21H23N3O3S/c1-14(18-10-7-11-28-18)22-19(25)13-27-21(26)20-15(2)23-24(16(20)3)12-17-8-5-4-6-9-17/h4-11,14H,12-13H2,1-3H3,(H,22,25)/t14-/m0/s1. The Morgan fingerprint density at radius 3 is 2.61 bits per heavy atom. The van der Waals surface area contributed by atoms with Crippen LogP contribution in [0.3, 0.4) is 0 Å². The molecule has 3 rings (SSSR count). The average molecular weight is 398 g/mol. The van der Waals surface area contributed by atoms with E-state index in [-0.39, 0.29) is 18.6 Å². The van der Waals surface area contributed by atoms with E-state index in [9.17, 15) is 9.59 Å². The van der Waals surface area contributed by atoms with Crippen LogP contribution >= 0.6 is 11.3 Å². The molecule has 146 valence electrons. The van der Waals surface area contributed by atoms with Crippen LogP contribution in [0.5, 0.6) is 0 Å². The Bertz CT molecular complexity index is 949. The second kappa shape index (κ2) is 8.84. The highest BCUT2D eigenvalue weighted by molar-refractivity contribution is 7.10. The number of rotatable bonds is 7. The van der Waals surface area contributed by atoms with Gasteiger partial charge in [-0.3, -0.25) is 9.48 Å². The lowest BCUT2D eigenvalue weighted by atomic mass is 10.2. The van der Waals surface area contributed by atoms with Gasteiger partial charge in [0.15, 0.2) is 6.61 Å². The van der Waals surface area contributed by atoms with E-state index in [1.54, 1.807) is 22.9 Å². The number of benzene rings is 1. The zero-order valence-corrected chi connectivity index (χ0v) is 17.0. The van der Waals surface area contributed by atoms with Gasteiger partial charge in [-0.2, -0.15) is 5.10 Å². The summed E-state index contributed by atoms with van der Waals surface area (Å²) in [6, 6.07) is 13.7. The highest BCUT2D eigenvalue weighted by Gasteiger charge is 2.21. The van der Waals surface area contributed by atoms with Crippen LogP contribution in [0.15, 0.2) is 47.8 Å². The van der Waals surface area contributed by atoms with Crippen molar-refractivity contribution in [2.24, 2.45) is 0 Å². The van der Waals surface area contributed by atoms with Crippen LogP contribution in [0, 0.1) is 13.8 Å². The summed E-state index contributed by atoms with van der Waals surface area (Å²) in [5, 5.41) is 9.24. The molecule has 0 spiro atoms.